The first-order chi connectivity index (χ1) is 12.2. The number of para-hydroxylation sites is 1. The van der Waals surface area contributed by atoms with Gasteiger partial charge in [0, 0.05) is 13.1 Å². The number of Topliss-reactive ketones (excluding diaryl/α,β-unsaturated/α-hetero) is 1. The molecule has 130 valence electrons. The number of hydrogen-bond donors (Lipinski definition) is 1. The molecule has 0 unspecified atom stereocenters. The van der Waals surface area contributed by atoms with Crippen LogP contribution in [0.2, 0.25) is 0 Å². The maximum absolute atomic E-state index is 12.3. The number of likely N-dealkylation sites (tertiary alicyclic amines) is 1. The summed E-state index contributed by atoms with van der Waals surface area (Å²) < 4.78 is 6.09. The maximum atomic E-state index is 12.3. The first-order valence-electron chi connectivity index (χ1n) is 8.79. The van der Waals surface area contributed by atoms with E-state index in [1.807, 2.05) is 30.3 Å². The van der Waals surface area contributed by atoms with Crippen LogP contribution in [0, 0.1) is 11.8 Å². The number of rotatable bonds is 5. The number of hydrogen-bond acceptors (Lipinski definition) is 5. The number of ether oxygens (including phenoxy) is 1. The molecule has 5 nitrogen and oxygen atoms in total. The summed E-state index contributed by atoms with van der Waals surface area (Å²) in [4.78, 5) is 18.6. The van der Waals surface area contributed by atoms with Crippen LogP contribution in [0.25, 0.3) is 0 Å². The van der Waals surface area contributed by atoms with Gasteiger partial charge in [0.05, 0.1) is 18.8 Å². The summed E-state index contributed by atoms with van der Waals surface area (Å²) in [5.74, 6) is 2.25. The van der Waals surface area contributed by atoms with Crippen molar-refractivity contribution in [2.75, 3.05) is 19.6 Å². The molecule has 0 radical (unpaired) electrons. The van der Waals surface area contributed by atoms with Gasteiger partial charge in [-0.3, -0.25) is 9.69 Å². The lowest BCUT2D eigenvalue weighted by molar-refractivity contribution is 0.0932. The molecular formula is C20H22N2O3. The standard InChI is InChI=1S/C20H22N2O3/c23-16-6-7-19(21-10-16)20(24)13-22-11-14-8-18(9-15(14)12-22)25-17-4-2-1-3-5-17/h1-7,10,14-15,18,23H,8-9,11-13H2/t14-,15+,18-. The van der Waals surface area contributed by atoms with Crippen molar-refractivity contribution in [2.24, 2.45) is 11.8 Å². The molecule has 4 rings (SSSR count). The topological polar surface area (TPSA) is 62.7 Å². The average molecular weight is 338 g/mol. The highest BCUT2D eigenvalue weighted by molar-refractivity contribution is 5.95. The van der Waals surface area contributed by atoms with E-state index < -0.39 is 0 Å². The number of nitrogens with zero attached hydrogens (tertiary/aromatic N) is 2. The normalized spacial score (nSPS) is 25.7. The molecule has 2 fully saturated rings. The van der Waals surface area contributed by atoms with Crippen LogP contribution >= 0.6 is 0 Å². The molecule has 0 spiro atoms. The second kappa shape index (κ2) is 6.84. The summed E-state index contributed by atoms with van der Waals surface area (Å²) in [6, 6.07) is 13.1. The largest absolute Gasteiger partial charge is 0.506 e. The molecule has 25 heavy (non-hydrogen) atoms. The Morgan fingerprint density at radius 3 is 2.48 bits per heavy atom. The molecule has 0 amide bonds. The third kappa shape index (κ3) is 3.66. The van der Waals surface area contributed by atoms with Gasteiger partial charge in [-0.15, -0.1) is 0 Å². The van der Waals surface area contributed by atoms with Gasteiger partial charge < -0.3 is 9.84 Å². The SMILES string of the molecule is O=C(CN1C[C@H]2C[C@@H](Oc3ccccc3)C[C@H]2C1)c1ccc(O)cn1. The summed E-state index contributed by atoms with van der Waals surface area (Å²) in [6.07, 6.45) is 3.72. The van der Waals surface area contributed by atoms with Crippen LogP contribution in [0.15, 0.2) is 48.7 Å². The highest BCUT2D eigenvalue weighted by Gasteiger charge is 2.42. The number of carbonyl (C=O) groups excluding carboxylic acids is 1. The van der Waals surface area contributed by atoms with Crippen LogP contribution in [-0.2, 0) is 0 Å². The zero-order valence-corrected chi connectivity index (χ0v) is 14.0. The molecule has 2 heterocycles. The Bertz CT molecular complexity index is 718. The molecule has 1 aliphatic heterocycles. The molecule has 2 aliphatic rings. The molecule has 5 heteroatoms. The van der Waals surface area contributed by atoms with Crippen LogP contribution in [-0.4, -0.2) is 46.5 Å². The summed E-state index contributed by atoms with van der Waals surface area (Å²) in [6.45, 7) is 2.29. The average Bonchev–Trinajstić information content (AvgIpc) is 3.14. The number of aromatic hydroxyl groups is 1. The maximum Gasteiger partial charge on any atom is 0.195 e. The molecule has 2 aromatic rings. The quantitative estimate of drug-likeness (QED) is 0.850. The molecule has 3 atom stereocenters. The third-order valence-corrected chi connectivity index (χ3v) is 5.23. The Balaban J connectivity index is 1.29. The number of aromatic nitrogens is 1. The van der Waals surface area contributed by atoms with Crippen molar-refractivity contribution in [2.45, 2.75) is 18.9 Å². The Labute approximate surface area is 147 Å². The predicted molar refractivity (Wildman–Crippen MR) is 93.7 cm³/mol. The van der Waals surface area contributed by atoms with Crippen molar-refractivity contribution < 1.29 is 14.6 Å². The molecule has 1 saturated carbocycles. The molecule has 1 aliphatic carbocycles. The van der Waals surface area contributed by atoms with Crippen molar-refractivity contribution in [3.05, 3.63) is 54.4 Å². The van der Waals surface area contributed by atoms with Crippen molar-refractivity contribution in [1.29, 1.82) is 0 Å². The van der Waals surface area contributed by atoms with Gasteiger partial charge in [-0.2, -0.15) is 0 Å². The first kappa shape index (κ1) is 16.1. The number of pyridine rings is 1. The second-order valence-corrected chi connectivity index (χ2v) is 7.06. The van der Waals surface area contributed by atoms with E-state index in [2.05, 4.69) is 9.88 Å². The molecule has 0 bridgehead atoms. The van der Waals surface area contributed by atoms with E-state index >= 15 is 0 Å². The number of ketones is 1. The van der Waals surface area contributed by atoms with Crippen LogP contribution in [0.3, 0.4) is 0 Å². The zero-order valence-electron chi connectivity index (χ0n) is 14.0. The fraction of sp³-hybridized carbons (Fsp3) is 0.400. The summed E-state index contributed by atoms with van der Waals surface area (Å²) in [7, 11) is 0. The summed E-state index contributed by atoms with van der Waals surface area (Å²) in [5, 5.41) is 9.27. The van der Waals surface area contributed by atoms with Crippen molar-refractivity contribution in [1.82, 2.24) is 9.88 Å². The molecule has 1 aromatic heterocycles. The number of carbonyl (C=O) groups is 1. The van der Waals surface area contributed by atoms with Gasteiger partial charge in [0.1, 0.15) is 17.2 Å². The monoisotopic (exact) mass is 338 g/mol. The van der Waals surface area contributed by atoms with Gasteiger partial charge in [0.2, 0.25) is 0 Å². The summed E-state index contributed by atoms with van der Waals surface area (Å²) >= 11 is 0. The zero-order chi connectivity index (χ0) is 17.2. The van der Waals surface area contributed by atoms with Gasteiger partial charge in [0.15, 0.2) is 5.78 Å². The van der Waals surface area contributed by atoms with E-state index in [1.165, 1.54) is 12.3 Å². The minimum atomic E-state index is 0.0112. The fourth-order valence-corrected chi connectivity index (χ4v) is 4.09. The highest BCUT2D eigenvalue weighted by Crippen LogP contribution is 2.39. The Morgan fingerprint density at radius 1 is 1.12 bits per heavy atom. The van der Waals surface area contributed by atoms with Crippen LogP contribution in [0.4, 0.5) is 0 Å². The van der Waals surface area contributed by atoms with E-state index in [-0.39, 0.29) is 17.6 Å². The molecular weight excluding hydrogens is 316 g/mol. The van der Waals surface area contributed by atoms with Gasteiger partial charge in [-0.05, 0) is 48.9 Å². The molecule has 1 aromatic carbocycles. The lowest BCUT2D eigenvalue weighted by Gasteiger charge is -2.19. The molecule has 1 saturated heterocycles. The Kier molecular flexibility index (Phi) is 4.40. The van der Waals surface area contributed by atoms with Gasteiger partial charge >= 0.3 is 0 Å². The van der Waals surface area contributed by atoms with Crippen molar-refractivity contribution >= 4 is 5.78 Å². The van der Waals surface area contributed by atoms with E-state index in [0.717, 1.165) is 31.7 Å². The fourth-order valence-electron chi connectivity index (χ4n) is 4.09. The lowest BCUT2D eigenvalue weighted by Crippen LogP contribution is -2.30. The number of benzene rings is 1. The lowest BCUT2D eigenvalue weighted by atomic mass is 10.0. The van der Waals surface area contributed by atoms with Gasteiger partial charge in [-0.1, -0.05) is 18.2 Å². The Morgan fingerprint density at radius 2 is 1.84 bits per heavy atom. The predicted octanol–water partition coefficient (Wildman–Crippen LogP) is 2.76. The van der Waals surface area contributed by atoms with E-state index in [1.54, 1.807) is 6.07 Å². The highest BCUT2D eigenvalue weighted by atomic mass is 16.5. The molecule has 1 N–H and O–H groups in total. The second-order valence-electron chi connectivity index (χ2n) is 7.06. The van der Waals surface area contributed by atoms with E-state index in [9.17, 15) is 9.90 Å². The van der Waals surface area contributed by atoms with Crippen LogP contribution < -0.4 is 4.74 Å². The Hall–Kier alpha value is -2.40. The third-order valence-electron chi connectivity index (χ3n) is 5.23. The summed E-state index contributed by atoms with van der Waals surface area (Å²) in [5.41, 5.74) is 0.417. The van der Waals surface area contributed by atoms with Crippen LogP contribution in [0.1, 0.15) is 23.3 Å². The first-order valence-corrected chi connectivity index (χ1v) is 8.79. The number of fused-ring (bicyclic) bond motifs is 1. The van der Waals surface area contributed by atoms with Crippen molar-refractivity contribution in [3.8, 4) is 11.5 Å². The van der Waals surface area contributed by atoms with Gasteiger partial charge in [-0.25, -0.2) is 4.98 Å². The van der Waals surface area contributed by atoms with E-state index in [4.69, 9.17) is 4.74 Å². The van der Waals surface area contributed by atoms with Crippen molar-refractivity contribution in [3.63, 3.8) is 0 Å². The van der Waals surface area contributed by atoms with E-state index in [0.29, 0.717) is 24.1 Å². The van der Waals surface area contributed by atoms with Crippen LogP contribution in [0.5, 0.6) is 11.5 Å². The smallest absolute Gasteiger partial charge is 0.195 e. The minimum absolute atomic E-state index is 0.0112. The van der Waals surface area contributed by atoms with Gasteiger partial charge in [0.25, 0.3) is 0 Å². The minimum Gasteiger partial charge on any atom is -0.506 e.